The monoisotopic (exact) mass is 190 g/mol. The number of methoxy groups -OCH3 is 1. The first-order chi connectivity index (χ1) is 6.67. The summed E-state index contributed by atoms with van der Waals surface area (Å²) >= 11 is 0. The molecule has 0 radical (unpaired) electrons. The summed E-state index contributed by atoms with van der Waals surface area (Å²) < 4.78 is 6.28. The second kappa shape index (κ2) is 4.28. The molecule has 14 heavy (non-hydrogen) atoms. The fourth-order valence-electron chi connectivity index (χ4n) is 1.02. The summed E-state index contributed by atoms with van der Waals surface area (Å²) in [7, 11) is 3.11. The summed E-state index contributed by atoms with van der Waals surface area (Å²) in [4.78, 5) is 11.0. The van der Waals surface area contributed by atoms with Gasteiger partial charge in [-0.05, 0) is 17.7 Å². The minimum absolute atomic E-state index is 0.00120. The van der Waals surface area contributed by atoms with E-state index in [2.05, 4.69) is 4.74 Å². The molecule has 1 rings (SSSR count). The molecule has 72 valence electrons. The maximum absolute atomic E-state index is 11.0. The van der Waals surface area contributed by atoms with Crippen LogP contribution in [0.15, 0.2) is 24.0 Å². The minimum atomic E-state index is -0.614. The highest BCUT2D eigenvalue weighted by atomic mass is 16.5. The van der Waals surface area contributed by atoms with Gasteiger partial charge in [0.15, 0.2) is 0 Å². The van der Waals surface area contributed by atoms with Crippen LogP contribution in [-0.4, -0.2) is 17.6 Å². The Morgan fingerprint density at radius 1 is 1.71 bits per heavy atom. The first-order valence-corrected chi connectivity index (χ1v) is 3.99. The second-order valence-electron chi connectivity index (χ2n) is 2.77. The number of carbonyl (C=O) groups excluding carboxylic acids is 1. The lowest BCUT2D eigenvalue weighted by Crippen LogP contribution is -2.02. The van der Waals surface area contributed by atoms with E-state index in [0.29, 0.717) is 0 Å². The van der Waals surface area contributed by atoms with Crippen molar-refractivity contribution in [2.45, 2.75) is 0 Å². The number of esters is 1. The van der Waals surface area contributed by atoms with Gasteiger partial charge in [0.1, 0.15) is 11.6 Å². The molecule has 4 heteroatoms. The third-order valence-electron chi connectivity index (χ3n) is 1.69. The maximum atomic E-state index is 11.0. The number of rotatable bonds is 2. The summed E-state index contributed by atoms with van der Waals surface area (Å²) in [5.41, 5.74) is 0.799. The van der Waals surface area contributed by atoms with Crippen LogP contribution in [-0.2, 0) is 16.6 Å². The zero-order valence-electron chi connectivity index (χ0n) is 8.02. The third kappa shape index (κ3) is 2.23. The Morgan fingerprint density at radius 2 is 2.43 bits per heavy atom. The summed E-state index contributed by atoms with van der Waals surface area (Å²) in [6, 6.07) is 3.59. The molecule has 0 fully saturated rings. The average molecular weight is 190 g/mol. The molecule has 0 aliphatic rings. The smallest absolute Gasteiger partial charge is 0.348 e. The van der Waals surface area contributed by atoms with Gasteiger partial charge in [0.2, 0.25) is 0 Å². The number of aromatic nitrogens is 1. The van der Waals surface area contributed by atoms with Crippen molar-refractivity contribution in [1.82, 2.24) is 4.57 Å². The lowest BCUT2D eigenvalue weighted by atomic mass is 10.2. The van der Waals surface area contributed by atoms with Crippen LogP contribution in [0.3, 0.4) is 0 Å². The van der Waals surface area contributed by atoms with E-state index in [-0.39, 0.29) is 5.57 Å². The van der Waals surface area contributed by atoms with Crippen LogP contribution in [0.4, 0.5) is 0 Å². The quantitative estimate of drug-likeness (QED) is 0.398. The number of nitrogens with zero attached hydrogens (tertiary/aromatic N) is 2. The standard InChI is InChI=1S/C10H10N2O2/c1-12-4-3-8(7-12)5-9(6-11)10(13)14-2/h3-5,7H,1-2H3/b9-5+. The van der Waals surface area contributed by atoms with Gasteiger partial charge >= 0.3 is 5.97 Å². The molecule has 0 spiro atoms. The molecule has 1 aromatic heterocycles. The minimum Gasteiger partial charge on any atom is -0.465 e. The van der Waals surface area contributed by atoms with Gasteiger partial charge < -0.3 is 9.30 Å². The van der Waals surface area contributed by atoms with Gasteiger partial charge in [-0.2, -0.15) is 5.26 Å². The van der Waals surface area contributed by atoms with E-state index in [1.807, 2.05) is 17.8 Å². The fraction of sp³-hybridized carbons (Fsp3) is 0.200. The molecular weight excluding hydrogens is 180 g/mol. The zero-order chi connectivity index (χ0) is 10.6. The van der Waals surface area contributed by atoms with E-state index in [1.165, 1.54) is 13.2 Å². The third-order valence-corrected chi connectivity index (χ3v) is 1.69. The second-order valence-corrected chi connectivity index (χ2v) is 2.77. The van der Waals surface area contributed by atoms with E-state index in [9.17, 15) is 4.79 Å². The molecule has 0 atom stereocenters. The van der Waals surface area contributed by atoms with E-state index in [4.69, 9.17) is 5.26 Å². The molecule has 0 aliphatic heterocycles. The van der Waals surface area contributed by atoms with Crippen molar-refractivity contribution in [2.75, 3.05) is 7.11 Å². The highest BCUT2D eigenvalue weighted by Crippen LogP contribution is 2.07. The van der Waals surface area contributed by atoms with Crippen LogP contribution in [0.1, 0.15) is 5.56 Å². The van der Waals surface area contributed by atoms with Crippen LogP contribution in [0.5, 0.6) is 0 Å². The van der Waals surface area contributed by atoms with Crippen molar-refractivity contribution >= 4 is 12.0 Å². The van der Waals surface area contributed by atoms with Gasteiger partial charge in [-0.15, -0.1) is 0 Å². The first kappa shape index (κ1) is 10.1. The summed E-state index contributed by atoms with van der Waals surface area (Å²) in [6.07, 6.45) is 5.13. The van der Waals surface area contributed by atoms with Gasteiger partial charge in [-0.1, -0.05) is 0 Å². The molecule has 0 saturated carbocycles. The van der Waals surface area contributed by atoms with Gasteiger partial charge in [-0.3, -0.25) is 0 Å². The molecule has 1 heterocycles. The van der Waals surface area contributed by atoms with Crippen molar-refractivity contribution in [3.63, 3.8) is 0 Å². The van der Waals surface area contributed by atoms with Crippen LogP contribution in [0.25, 0.3) is 6.08 Å². The van der Waals surface area contributed by atoms with E-state index in [1.54, 1.807) is 18.3 Å². The van der Waals surface area contributed by atoms with Crippen LogP contribution >= 0.6 is 0 Å². The number of aryl methyl sites for hydroxylation is 1. The molecule has 0 bridgehead atoms. The largest absolute Gasteiger partial charge is 0.465 e. The van der Waals surface area contributed by atoms with Crippen molar-refractivity contribution in [3.8, 4) is 6.07 Å². The highest BCUT2D eigenvalue weighted by molar-refractivity contribution is 5.97. The Hall–Kier alpha value is -2.02. The molecule has 1 aromatic rings. The Bertz CT molecular complexity index is 410. The molecular formula is C10H10N2O2. The van der Waals surface area contributed by atoms with Crippen molar-refractivity contribution < 1.29 is 9.53 Å². The maximum Gasteiger partial charge on any atom is 0.348 e. The molecule has 0 aliphatic carbocycles. The zero-order valence-corrected chi connectivity index (χ0v) is 8.02. The lowest BCUT2D eigenvalue weighted by Gasteiger charge is -1.94. The van der Waals surface area contributed by atoms with Gasteiger partial charge in [0, 0.05) is 19.4 Å². The van der Waals surface area contributed by atoms with Crippen LogP contribution in [0, 0.1) is 11.3 Å². The summed E-state index contributed by atoms with van der Waals surface area (Å²) in [5.74, 6) is -0.614. The van der Waals surface area contributed by atoms with Crippen molar-refractivity contribution in [3.05, 3.63) is 29.6 Å². The highest BCUT2D eigenvalue weighted by Gasteiger charge is 2.08. The number of hydrogen-bond donors (Lipinski definition) is 0. The molecule has 0 N–H and O–H groups in total. The Morgan fingerprint density at radius 3 is 2.86 bits per heavy atom. The van der Waals surface area contributed by atoms with Gasteiger partial charge in [0.25, 0.3) is 0 Å². The summed E-state index contributed by atoms with van der Waals surface area (Å²) in [5, 5.41) is 8.67. The molecule has 4 nitrogen and oxygen atoms in total. The topological polar surface area (TPSA) is 55.0 Å². The predicted octanol–water partition coefficient (Wildman–Crippen LogP) is 1.11. The number of hydrogen-bond acceptors (Lipinski definition) is 3. The first-order valence-electron chi connectivity index (χ1n) is 3.99. The Balaban J connectivity index is 2.96. The summed E-state index contributed by atoms with van der Waals surface area (Å²) in [6.45, 7) is 0. The molecule has 0 saturated heterocycles. The van der Waals surface area contributed by atoms with Crippen molar-refractivity contribution in [1.29, 1.82) is 5.26 Å². The molecule has 0 aromatic carbocycles. The Kier molecular flexibility index (Phi) is 3.08. The molecule has 0 unspecified atom stereocenters. The van der Waals surface area contributed by atoms with E-state index >= 15 is 0 Å². The number of carbonyl (C=O) groups is 1. The predicted molar refractivity (Wildman–Crippen MR) is 51.0 cm³/mol. The van der Waals surface area contributed by atoms with E-state index in [0.717, 1.165) is 5.56 Å². The molecule has 0 amide bonds. The number of ether oxygens (including phenoxy) is 1. The lowest BCUT2D eigenvalue weighted by molar-refractivity contribution is -0.135. The average Bonchev–Trinajstić information content (AvgIpc) is 2.59. The SMILES string of the molecule is COC(=O)/C(C#N)=C/c1ccn(C)c1. The van der Waals surface area contributed by atoms with Crippen LogP contribution in [0.2, 0.25) is 0 Å². The van der Waals surface area contributed by atoms with Crippen molar-refractivity contribution in [2.24, 2.45) is 7.05 Å². The van der Waals surface area contributed by atoms with Gasteiger partial charge in [-0.25, -0.2) is 4.79 Å². The normalized spacial score (nSPS) is 10.8. The number of nitriles is 1. The fourth-order valence-corrected chi connectivity index (χ4v) is 1.02. The van der Waals surface area contributed by atoms with Gasteiger partial charge in [0.05, 0.1) is 7.11 Å². The van der Waals surface area contributed by atoms with E-state index < -0.39 is 5.97 Å². The Labute approximate surface area is 82.0 Å². The van der Waals surface area contributed by atoms with Crippen LogP contribution < -0.4 is 0 Å².